The molecule has 1 heterocycles. The van der Waals surface area contributed by atoms with E-state index in [0.29, 0.717) is 4.75 Å². The molecule has 0 radical (unpaired) electrons. The first-order valence-electron chi connectivity index (χ1n) is 7.36. The third-order valence-electron chi connectivity index (χ3n) is 3.29. The molecule has 0 aromatic carbocycles. The molecule has 2 N–H and O–H groups in total. The van der Waals surface area contributed by atoms with Gasteiger partial charge in [-0.05, 0) is 38.9 Å². The molecule has 0 aromatic rings. The molecule has 4 heteroatoms. The number of aliphatic imine (C=N–C) groups is 1. The molecule has 18 heavy (non-hydrogen) atoms. The van der Waals surface area contributed by atoms with E-state index < -0.39 is 0 Å². The van der Waals surface area contributed by atoms with Crippen molar-refractivity contribution in [2.24, 2.45) is 4.99 Å². The van der Waals surface area contributed by atoms with Gasteiger partial charge in [0.25, 0.3) is 0 Å². The third-order valence-corrected chi connectivity index (χ3v) is 4.81. The topological polar surface area (TPSA) is 36.4 Å². The summed E-state index contributed by atoms with van der Waals surface area (Å²) in [6, 6.07) is 0. The van der Waals surface area contributed by atoms with Crippen molar-refractivity contribution in [3.63, 3.8) is 0 Å². The molecule has 1 fully saturated rings. The van der Waals surface area contributed by atoms with E-state index in [4.69, 9.17) is 4.99 Å². The van der Waals surface area contributed by atoms with Gasteiger partial charge in [0.05, 0.1) is 6.54 Å². The van der Waals surface area contributed by atoms with Gasteiger partial charge >= 0.3 is 0 Å². The van der Waals surface area contributed by atoms with E-state index in [9.17, 15) is 0 Å². The van der Waals surface area contributed by atoms with Crippen LogP contribution in [0.2, 0.25) is 0 Å². The summed E-state index contributed by atoms with van der Waals surface area (Å²) in [6.07, 6.45) is 6.44. The summed E-state index contributed by atoms with van der Waals surface area (Å²) in [4.78, 5) is 4.74. The van der Waals surface area contributed by atoms with Crippen molar-refractivity contribution in [1.82, 2.24) is 10.6 Å². The van der Waals surface area contributed by atoms with Crippen LogP contribution in [0.25, 0.3) is 0 Å². The molecule has 0 bridgehead atoms. The summed E-state index contributed by atoms with van der Waals surface area (Å²) in [6.45, 7) is 9.59. The molecule has 1 unspecified atom stereocenters. The molecule has 0 spiro atoms. The van der Waals surface area contributed by atoms with Crippen LogP contribution >= 0.6 is 11.8 Å². The minimum Gasteiger partial charge on any atom is -0.357 e. The zero-order valence-electron chi connectivity index (χ0n) is 12.2. The monoisotopic (exact) mass is 271 g/mol. The van der Waals surface area contributed by atoms with E-state index in [1.165, 1.54) is 37.9 Å². The standard InChI is InChI=1S/C14H29N3S/c1-4-6-7-10-16-13(15-5-2)17-12-14(3)9-8-11-18-14/h4-12H2,1-3H3,(H2,15,16,17). The summed E-state index contributed by atoms with van der Waals surface area (Å²) < 4.78 is 0.367. The van der Waals surface area contributed by atoms with Crippen molar-refractivity contribution in [2.45, 2.75) is 57.6 Å². The van der Waals surface area contributed by atoms with Crippen LogP contribution in [0.3, 0.4) is 0 Å². The Hall–Kier alpha value is -0.380. The van der Waals surface area contributed by atoms with Crippen molar-refractivity contribution in [3.05, 3.63) is 0 Å². The van der Waals surface area contributed by atoms with Crippen molar-refractivity contribution < 1.29 is 0 Å². The lowest BCUT2D eigenvalue weighted by molar-refractivity contribution is 0.612. The number of hydrogen-bond acceptors (Lipinski definition) is 2. The fraction of sp³-hybridized carbons (Fsp3) is 0.929. The van der Waals surface area contributed by atoms with Crippen molar-refractivity contribution in [2.75, 3.05) is 25.4 Å². The van der Waals surface area contributed by atoms with E-state index in [1.54, 1.807) is 0 Å². The average molecular weight is 271 g/mol. The smallest absolute Gasteiger partial charge is 0.191 e. The molecule has 0 aromatic heterocycles. The van der Waals surface area contributed by atoms with Crippen LogP contribution in [0, 0.1) is 0 Å². The van der Waals surface area contributed by atoms with Gasteiger partial charge in [-0.25, -0.2) is 0 Å². The van der Waals surface area contributed by atoms with Gasteiger partial charge in [0.15, 0.2) is 5.96 Å². The Balaban J connectivity index is 2.34. The van der Waals surface area contributed by atoms with E-state index in [2.05, 4.69) is 43.2 Å². The highest BCUT2D eigenvalue weighted by molar-refractivity contribution is 8.00. The SMILES string of the molecule is CCCCCNC(=NCC1(C)CCCS1)NCC. The molecule has 1 atom stereocenters. The fourth-order valence-corrected chi connectivity index (χ4v) is 3.36. The fourth-order valence-electron chi connectivity index (χ4n) is 2.13. The average Bonchev–Trinajstić information content (AvgIpc) is 2.79. The Kier molecular flexibility index (Phi) is 7.56. The second-order valence-electron chi connectivity index (χ2n) is 5.23. The normalized spacial score (nSPS) is 24.3. The molecule has 106 valence electrons. The predicted octanol–water partition coefficient (Wildman–Crippen LogP) is 3.02. The van der Waals surface area contributed by atoms with E-state index in [1.807, 2.05) is 0 Å². The van der Waals surface area contributed by atoms with Crippen LogP contribution in [-0.4, -0.2) is 36.1 Å². The molecule has 1 saturated heterocycles. The zero-order valence-corrected chi connectivity index (χ0v) is 13.0. The Morgan fingerprint density at radius 2 is 2.11 bits per heavy atom. The van der Waals surface area contributed by atoms with Crippen LogP contribution in [0.1, 0.15) is 52.9 Å². The quantitative estimate of drug-likeness (QED) is 0.424. The van der Waals surface area contributed by atoms with Crippen LogP contribution < -0.4 is 10.6 Å². The first-order chi connectivity index (χ1) is 8.70. The van der Waals surface area contributed by atoms with Crippen molar-refractivity contribution in [1.29, 1.82) is 0 Å². The number of rotatable bonds is 7. The van der Waals surface area contributed by atoms with Gasteiger partial charge in [-0.1, -0.05) is 19.8 Å². The maximum Gasteiger partial charge on any atom is 0.191 e. The highest BCUT2D eigenvalue weighted by atomic mass is 32.2. The molecule has 0 aliphatic carbocycles. The van der Waals surface area contributed by atoms with E-state index in [-0.39, 0.29) is 0 Å². The van der Waals surface area contributed by atoms with Gasteiger partial charge in [0.1, 0.15) is 0 Å². The predicted molar refractivity (Wildman–Crippen MR) is 83.6 cm³/mol. The number of nitrogens with zero attached hydrogens (tertiary/aromatic N) is 1. The van der Waals surface area contributed by atoms with Crippen molar-refractivity contribution in [3.8, 4) is 0 Å². The molecule has 3 nitrogen and oxygen atoms in total. The maximum atomic E-state index is 4.74. The highest BCUT2D eigenvalue weighted by Crippen LogP contribution is 2.37. The molecule has 1 aliphatic rings. The summed E-state index contributed by atoms with van der Waals surface area (Å²) in [7, 11) is 0. The van der Waals surface area contributed by atoms with Crippen molar-refractivity contribution >= 4 is 17.7 Å². The van der Waals surface area contributed by atoms with Gasteiger partial charge in [0.2, 0.25) is 0 Å². The first kappa shape index (κ1) is 15.7. The summed E-state index contributed by atoms with van der Waals surface area (Å²) in [5.74, 6) is 2.29. The Morgan fingerprint density at radius 3 is 2.72 bits per heavy atom. The second kappa shape index (κ2) is 8.68. The van der Waals surface area contributed by atoms with Crippen LogP contribution in [0.15, 0.2) is 4.99 Å². The Morgan fingerprint density at radius 1 is 1.28 bits per heavy atom. The largest absolute Gasteiger partial charge is 0.357 e. The summed E-state index contributed by atoms with van der Waals surface area (Å²) in [5, 5.41) is 6.76. The number of guanidine groups is 1. The minimum absolute atomic E-state index is 0.367. The lowest BCUT2D eigenvalue weighted by atomic mass is 10.1. The summed E-state index contributed by atoms with van der Waals surface area (Å²) in [5.41, 5.74) is 0. The Labute approximate surface area is 117 Å². The number of unbranched alkanes of at least 4 members (excludes halogenated alkanes) is 2. The minimum atomic E-state index is 0.367. The van der Waals surface area contributed by atoms with Gasteiger partial charge in [-0.15, -0.1) is 0 Å². The van der Waals surface area contributed by atoms with Gasteiger partial charge in [-0.3, -0.25) is 4.99 Å². The molecule has 1 rings (SSSR count). The molecule has 1 aliphatic heterocycles. The number of hydrogen-bond donors (Lipinski definition) is 2. The molecular weight excluding hydrogens is 242 g/mol. The van der Waals surface area contributed by atoms with Crippen LogP contribution in [0.4, 0.5) is 0 Å². The summed E-state index contributed by atoms with van der Waals surface area (Å²) >= 11 is 2.07. The van der Waals surface area contributed by atoms with E-state index >= 15 is 0 Å². The van der Waals surface area contributed by atoms with Gasteiger partial charge in [0, 0.05) is 17.8 Å². The van der Waals surface area contributed by atoms with Crippen LogP contribution in [0.5, 0.6) is 0 Å². The van der Waals surface area contributed by atoms with Gasteiger partial charge < -0.3 is 10.6 Å². The zero-order chi connectivity index (χ0) is 13.3. The Bertz CT molecular complexity index is 247. The molecule has 0 saturated carbocycles. The van der Waals surface area contributed by atoms with Gasteiger partial charge in [-0.2, -0.15) is 11.8 Å². The second-order valence-corrected chi connectivity index (χ2v) is 6.91. The lowest BCUT2D eigenvalue weighted by Crippen LogP contribution is -2.39. The lowest BCUT2D eigenvalue weighted by Gasteiger charge is -2.21. The highest BCUT2D eigenvalue weighted by Gasteiger charge is 2.29. The van der Waals surface area contributed by atoms with Crippen LogP contribution in [-0.2, 0) is 0 Å². The van der Waals surface area contributed by atoms with E-state index in [0.717, 1.165) is 25.6 Å². The first-order valence-corrected chi connectivity index (χ1v) is 8.35. The molecule has 0 amide bonds. The third kappa shape index (κ3) is 5.98. The number of thioether (sulfide) groups is 1. The maximum absolute atomic E-state index is 4.74. The number of nitrogens with one attached hydrogen (secondary N) is 2. The molecular formula is C14H29N3S.